The summed E-state index contributed by atoms with van der Waals surface area (Å²) >= 11 is 0. The number of hydrogen-bond donors (Lipinski definition) is 1. The summed E-state index contributed by atoms with van der Waals surface area (Å²) in [6.07, 6.45) is 4.33. The molecular weight excluding hydrogens is 380 g/mol. The van der Waals surface area contributed by atoms with Crippen molar-refractivity contribution in [3.8, 4) is 0 Å². The maximum Gasteiger partial charge on any atom is 0.257 e. The predicted octanol–water partition coefficient (Wildman–Crippen LogP) is 2.52. The summed E-state index contributed by atoms with van der Waals surface area (Å²) in [6, 6.07) is 9.84. The highest BCUT2D eigenvalue weighted by atomic mass is 16.3. The van der Waals surface area contributed by atoms with Gasteiger partial charge in [-0.2, -0.15) is 0 Å². The van der Waals surface area contributed by atoms with Gasteiger partial charge >= 0.3 is 0 Å². The molecule has 2 aliphatic heterocycles. The Morgan fingerprint density at radius 1 is 1.00 bits per heavy atom. The van der Waals surface area contributed by atoms with Gasteiger partial charge in [-0.05, 0) is 43.7 Å². The van der Waals surface area contributed by atoms with Gasteiger partial charge in [0.2, 0.25) is 5.91 Å². The second kappa shape index (κ2) is 9.45. The van der Waals surface area contributed by atoms with E-state index < -0.39 is 0 Å². The van der Waals surface area contributed by atoms with Crippen LogP contribution < -0.4 is 5.32 Å². The number of piperazine rings is 1. The molecule has 0 radical (unpaired) electrons. The lowest BCUT2D eigenvalue weighted by molar-refractivity contribution is -0.121. The fourth-order valence-corrected chi connectivity index (χ4v) is 4.12. The van der Waals surface area contributed by atoms with Crippen molar-refractivity contribution in [2.45, 2.75) is 19.4 Å². The number of likely N-dealkylation sites (N-methyl/N-ethyl adjacent to an activating group) is 1. The molecule has 0 atom stereocenters. The van der Waals surface area contributed by atoms with E-state index in [4.69, 9.17) is 4.42 Å². The van der Waals surface area contributed by atoms with Crippen molar-refractivity contribution >= 4 is 17.5 Å². The molecule has 2 fully saturated rings. The van der Waals surface area contributed by atoms with Crippen molar-refractivity contribution in [3.05, 3.63) is 54.0 Å². The van der Waals surface area contributed by atoms with Crippen molar-refractivity contribution < 1.29 is 14.0 Å². The van der Waals surface area contributed by atoms with Gasteiger partial charge < -0.3 is 19.5 Å². The minimum absolute atomic E-state index is 0.0291. The molecular formula is C23H30N4O3. The molecule has 1 N–H and O–H groups in total. The molecule has 0 aliphatic carbocycles. The number of anilines is 1. The number of nitrogens with zero attached hydrogens (tertiary/aromatic N) is 3. The van der Waals surface area contributed by atoms with Crippen LogP contribution in [0.25, 0.3) is 0 Å². The molecule has 0 spiro atoms. The third-order valence-corrected chi connectivity index (χ3v) is 6.14. The fourth-order valence-electron chi connectivity index (χ4n) is 4.12. The van der Waals surface area contributed by atoms with Crippen molar-refractivity contribution in [1.29, 1.82) is 0 Å². The second-order valence-electron chi connectivity index (χ2n) is 8.34. The van der Waals surface area contributed by atoms with Gasteiger partial charge in [0.05, 0.1) is 11.8 Å². The zero-order valence-corrected chi connectivity index (χ0v) is 17.5. The molecule has 2 aromatic rings. The van der Waals surface area contributed by atoms with Gasteiger partial charge in [0.25, 0.3) is 5.91 Å². The number of carbonyl (C=O) groups excluding carboxylic acids is 2. The van der Waals surface area contributed by atoms with Crippen molar-refractivity contribution in [1.82, 2.24) is 14.7 Å². The molecule has 160 valence electrons. The summed E-state index contributed by atoms with van der Waals surface area (Å²) < 4.78 is 4.99. The Balaban J connectivity index is 1.24. The van der Waals surface area contributed by atoms with E-state index in [2.05, 4.69) is 34.3 Å². The molecule has 7 heteroatoms. The van der Waals surface area contributed by atoms with Crippen LogP contribution >= 0.6 is 0 Å². The van der Waals surface area contributed by atoms with Gasteiger partial charge in [0, 0.05) is 57.4 Å². The van der Waals surface area contributed by atoms with Gasteiger partial charge in [-0.15, -0.1) is 0 Å². The molecule has 0 unspecified atom stereocenters. The van der Waals surface area contributed by atoms with Crippen molar-refractivity contribution in [2.75, 3.05) is 51.6 Å². The fraction of sp³-hybridized carbons (Fsp3) is 0.478. The van der Waals surface area contributed by atoms with E-state index in [0.717, 1.165) is 38.4 Å². The quantitative estimate of drug-likeness (QED) is 0.820. The van der Waals surface area contributed by atoms with Gasteiger partial charge in [0.15, 0.2) is 0 Å². The lowest BCUT2D eigenvalue weighted by atomic mass is 9.95. The smallest absolute Gasteiger partial charge is 0.257 e. The summed E-state index contributed by atoms with van der Waals surface area (Å²) in [5.74, 6) is -0.0563. The Morgan fingerprint density at radius 3 is 2.33 bits per heavy atom. The molecule has 2 amide bonds. The zero-order chi connectivity index (χ0) is 20.9. The molecule has 1 aromatic carbocycles. The largest absolute Gasteiger partial charge is 0.472 e. The highest BCUT2D eigenvalue weighted by Crippen LogP contribution is 2.21. The topological polar surface area (TPSA) is 69.0 Å². The van der Waals surface area contributed by atoms with Crippen molar-refractivity contribution in [2.24, 2.45) is 5.92 Å². The average Bonchev–Trinajstić information content (AvgIpc) is 3.31. The number of piperidine rings is 1. The molecule has 2 aliphatic rings. The highest BCUT2D eigenvalue weighted by molar-refractivity contribution is 5.95. The minimum Gasteiger partial charge on any atom is -0.472 e. The zero-order valence-electron chi connectivity index (χ0n) is 17.5. The normalized spacial score (nSPS) is 19.0. The van der Waals surface area contributed by atoms with Crippen LogP contribution in [0, 0.1) is 5.92 Å². The van der Waals surface area contributed by atoms with Crippen LogP contribution in [0.5, 0.6) is 0 Å². The Hall–Kier alpha value is -2.64. The SMILES string of the molecule is CN1CCN(Cc2ccc(NC(=O)C3CCN(C(=O)c4ccoc4)CC3)cc2)CC1. The molecule has 0 bridgehead atoms. The van der Waals surface area contributed by atoms with Crippen LogP contribution in [-0.2, 0) is 11.3 Å². The summed E-state index contributed by atoms with van der Waals surface area (Å²) in [6.45, 7) is 6.54. The number of benzene rings is 1. The Labute approximate surface area is 177 Å². The number of rotatable bonds is 5. The van der Waals surface area contributed by atoms with E-state index >= 15 is 0 Å². The van der Waals surface area contributed by atoms with Crippen LogP contribution in [0.1, 0.15) is 28.8 Å². The van der Waals surface area contributed by atoms with Crippen LogP contribution in [0.2, 0.25) is 0 Å². The Bertz CT molecular complexity index is 834. The third kappa shape index (κ3) is 5.09. The summed E-state index contributed by atoms with van der Waals surface area (Å²) in [7, 11) is 2.16. The van der Waals surface area contributed by atoms with Crippen molar-refractivity contribution in [3.63, 3.8) is 0 Å². The van der Waals surface area contributed by atoms with E-state index in [-0.39, 0.29) is 17.7 Å². The van der Waals surface area contributed by atoms with Crippen LogP contribution in [0.3, 0.4) is 0 Å². The number of likely N-dealkylation sites (tertiary alicyclic amines) is 1. The third-order valence-electron chi connectivity index (χ3n) is 6.14. The first-order valence-corrected chi connectivity index (χ1v) is 10.7. The van der Waals surface area contributed by atoms with Gasteiger partial charge in [-0.1, -0.05) is 12.1 Å². The lowest BCUT2D eigenvalue weighted by Crippen LogP contribution is -2.43. The number of carbonyl (C=O) groups is 2. The van der Waals surface area contributed by atoms with Gasteiger partial charge in [-0.3, -0.25) is 14.5 Å². The molecule has 1 aromatic heterocycles. The standard InChI is InChI=1S/C23H30N4O3/c1-25-11-13-26(14-12-25)16-18-2-4-21(5-3-18)24-22(28)19-6-9-27(10-7-19)23(29)20-8-15-30-17-20/h2-5,8,15,17,19H,6-7,9-14,16H2,1H3,(H,24,28). The summed E-state index contributed by atoms with van der Waals surface area (Å²) in [5, 5.41) is 3.04. The van der Waals surface area contributed by atoms with Gasteiger partial charge in [-0.25, -0.2) is 0 Å². The van der Waals surface area contributed by atoms with Crippen LogP contribution in [-0.4, -0.2) is 72.8 Å². The van der Waals surface area contributed by atoms with Crippen LogP contribution in [0.15, 0.2) is 47.3 Å². The maximum absolute atomic E-state index is 12.7. The minimum atomic E-state index is -0.0663. The monoisotopic (exact) mass is 410 g/mol. The van der Waals surface area contributed by atoms with E-state index in [1.165, 1.54) is 18.1 Å². The molecule has 4 rings (SSSR count). The summed E-state index contributed by atoms with van der Waals surface area (Å²) in [4.78, 5) is 31.7. The number of furan rings is 1. The highest BCUT2D eigenvalue weighted by Gasteiger charge is 2.28. The molecule has 0 saturated carbocycles. The van der Waals surface area contributed by atoms with Crippen LogP contribution in [0.4, 0.5) is 5.69 Å². The van der Waals surface area contributed by atoms with E-state index in [0.29, 0.717) is 31.5 Å². The lowest BCUT2D eigenvalue weighted by Gasteiger charge is -2.32. The number of hydrogen-bond acceptors (Lipinski definition) is 5. The number of amides is 2. The van der Waals surface area contributed by atoms with Gasteiger partial charge in [0.1, 0.15) is 6.26 Å². The molecule has 3 heterocycles. The predicted molar refractivity (Wildman–Crippen MR) is 115 cm³/mol. The van der Waals surface area contributed by atoms with E-state index in [1.54, 1.807) is 11.0 Å². The maximum atomic E-state index is 12.7. The molecule has 7 nitrogen and oxygen atoms in total. The first-order chi connectivity index (χ1) is 14.6. The van der Waals surface area contributed by atoms with E-state index in [9.17, 15) is 9.59 Å². The summed E-state index contributed by atoms with van der Waals surface area (Å²) in [5.41, 5.74) is 2.66. The molecule has 30 heavy (non-hydrogen) atoms. The Kier molecular flexibility index (Phi) is 6.50. The Morgan fingerprint density at radius 2 is 1.70 bits per heavy atom. The second-order valence-corrected chi connectivity index (χ2v) is 8.34. The average molecular weight is 411 g/mol. The molecule has 2 saturated heterocycles. The first kappa shape index (κ1) is 20.6. The van der Waals surface area contributed by atoms with E-state index in [1.807, 2.05) is 12.1 Å². The number of nitrogens with one attached hydrogen (secondary N) is 1. The first-order valence-electron chi connectivity index (χ1n) is 10.7.